The predicted molar refractivity (Wildman–Crippen MR) is 169 cm³/mol. The number of amides is 1. The van der Waals surface area contributed by atoms with Crippen LogP contribution in [0.4, 0.5) is 17.5 Å². The molecule has 12 heteroatoms. The number of anilines is 3. The van der Waals surface area contributed by atoms with Gasteiger partial charge in [0.05, 0.1) is 18.4 Å². The van der Waals surface area contributed by atoms with E-state index in [0.717, 1.165) is 37.4 Å². The van der Waals surface area contributed by atoms with Gasteiger partial charge in [-0.05, 0) is 50.4 Å². The van der Waals surface area contributed by atoms with Gasteiger partial charge in [-0.2, -0.15) is 10.2 Å². The summed E-state index contributed by atoms with van der Waals surface area (Å²) in [6.07, 6.45) is 1.77. The molecule has 2 aliphatic heterocycles. The number of piperazine rings is 1. The van der Waals surface area contributed by atoms with Crippen LogP contribution in [0.3, 0.4) is 0 Å². The Labute approximate surface area is 259 Å². The number of pyridine rings is 1. The topological polar surface area (TPSA) is 140 Å². The third kappa shape index (κ3) is 7.92. The summed E-state index contributed by atoms with van der Waals surface area (Å²) in [6.45, 7) is 10.3. The molecule has 0 aliphatic carbocycles. The van der Waals surface area contributed by atoms with E-state index in [1.807, 2.05) is 32.0 Å². The Balaban J connectivity index is 0.00000216. The Kier molecular flexibility index (Phi) is 11.3. The number of aromatic nitrogens is 3. The molecule has 44 heavy (non-hydrogen) atoms. The minimum Gasteiger partial charge on any atom is -0.489 e. The number of carbonyl (C=O) groups is 1. The van der Waals surface area contributed by atoms with Crippen molar-refractivity contribution in [3.05, 3.63) is 48.2 Å². The number of hydrogen-bond acceptors (Lipinski definition) is 11. The van der Waals surface area contributed by atoms with Gasteiger partial charge in [-0.25, -0.2) is 9.97 Å². The monoisotopic (exact) mass is 602 g/mol. The van der Waals surface area contributed by atoms with Crippen LogP contribution in [0.15, 0.2) is 42.6 Å². The molecule has 1 unspecified atom stereocenters. The summed E-state index contributed by atoms with van der Waals surface area (Å²) in [5.74, 6) is 1.68. The van der Waals surface area contributed by atoms with Crippen LogP contribution in [0.5, 0.6) is 11.6 Å². The van der Waals surface area contributed by atoms with Crippen LogP contribution in [0.2, 0.25) is 0 Å². The molecule has 234 valence electrons. The van der Waals surface area contributed by atoms with Crippen molar-refractivity contribution in [2.75, 3.05) is 63.6 Å². The second-order valence-electron chi connectivity index (χ2n) is 10.5. The van der Waals surface area contributed by atoms with Crippen LogP contribution in [0, 0.1) is 11.3 Å². The Morgan fingerprint density at radius 1 is 1.07 bits per heavy atom. The van der Waals surface area contributed by atoms with Gasteiger partial charge in [-0.1, -0.05) is 13.8 Å². The minimum absolute atomic E-state index is 0.122. The molecule has 2 fully saturated rings. The normalized spacial score (nSPS) is 16.3. The summed E-state index contributed by atoms with van der Waals surface area (Å²) in [6, 6.07) is 13.3. The average molecular weight is 603 g/mol. The Hall–Kier alpha value is -4.47. The van der Waals surface area contributed by atoms with Crippen LogP contribution in [-0.4, -0.2) is 101 Å². The molecule has 2 N–H and O–H groups in total. The number of likely N-dealkylation sites (tertiary alicyclic amines) is 1. The van der Waals surface area contributed by atoms with Crippen molar-refractivity contribution in [1.82, 2.24) is 24.8 Å². The first-order valence-electron chi connectivity index (χ1n) is 15.1. The lowest BCUT2D eigenvalue weighted by molar-refractivity contribution is -0.141. The molecule has 0 spiro atoms. The van der Waals surface area contributed by atoms with Crippen molar-refractivity contribution in [3.63, 3.8) is 0 Å². The van der Waals surface area contributed by atoms with Gasteiger partial charge >= 0.3 is 0 Å². The molecule has 1 aromatic carbocycles. The van der Waals surface area contributed by atoms with E-state index in [9.17, 15) is 15.2 Å². The summed E-state index contributed by atoms with van der Waals surface area (Å²) in [4.78, 5) is 31.9. The number of benzene rings is 1. The zero-order chi connectivity index (χ0) is 31.6. The number of nitrogens with zero attached hydrogens (tertiary/aromatic N) is 7. The van der Waals surface area contributed by atoms with Gasteiger partial charge in [0.25, 0.3) is 5.91 Å². The molecular weight excluding hydrogens is 560 g/mol. The molecule has 3 aromatic rings. The zero-order valence-electron chi connectivity index (χ0n) is 26.2. The Morgan fingerprint density at radius 3 is 2.45 bits per heavy atom. The third-order valence-electron chi connectivity index (χ3n) is 7.57. The molecule has 0 radical (unpaired) electrons. The molecule has 1 amide bonds. The van der Waals surface area contributed by atoms with E-state index in [0.29, 0.717) is 60.6 Å². The SMILES string of the molecule is CC.COc1nc(Nc2nccc(-c3ccc(OC4CCN(C(=O)C(C)O)CC4)c(C#N)c3)n2)ccc1N1CCN(C)CC1. The number of carbonyl (C=O) groups excluding carboxylic acids is 1. The third-order valence-corrected chi connectivity index (χ3v) is 7.57. The van der Waals surface area contributed by atoms with Crippen molar-refractivity contribution in [3.8, 4) is 29.0 Å². The summed E-state index contributed by atoms with van der Waals surface area (Å²) in [5.41, 5.74) is 2.74. The number of aliphatic hydroxyl groups excluding tert-OH is 1. The fourth-order valence-electron chi connectivity index (χ4n) is 5.15. The maximum absolute atomic E-state index is 12.0. The molecule has 2 aromatic heterocycles. The second kappa shape index (κ2) is 15.3. The number of ether oxygens (including phenoxy) is 2. The first kappa shape index (κ1) is 32.4. The fraction of sp³-hybridized carbons (Fsp3) is 0.469. The number of likely N-dealkylation sites (N-methyl/N-ethyl adjacent to an activating group) is 1. The lowest BCUT2D eigenvalue weighted by Gasteiger charge is -2.34. The lowest BCUT2D eigenvalue weighted by Crippen LogP contribution is -2.45. The lowest BCUT2D eigenvalue weighted by atomic mass is 10.1. The van der Waals surface area contributed by atoms with E-state index in [2.05, 4.69) is 43.2 Å². The molecule has 2 aliphatic rings. The number of rotatable bonds is 8. The minimum atomic E-state index is -1.01. The van der Waals surface area contributed by atoms with Gasteiger partial charge in [0.15, 0.2) is 0 Å². The van der Waals surface area contributed by atoms with Crippen LogP contribution in [0.25, 0.3) is 11.3 Å². The Morgan fingerprint density at radius 2 is 1.80 bits per heavy atom. The van der Waals surface area contributed by atoms with Crippen molar-refractivity contribution in [2.45, 2.75) is 45.8 Å². The molecule has 0 saturated carbocycles. The first-order chi connectivity index (χ1) is 21.3. The fourth-order valence-corrected chi connectivity index (χ4v) is 5.15. The van der Waals surface area contributed by atoms with Crippen LogP contribution >= 0.6 is 0 Å². The van der Waals surface area contributed by atoms with Crippen molar-refractivity contribution in [1.29, 1.82) is 5.26 Å². The average Bonchev–Trinajstić information content (AvgIpc) is 3.06. The molecule has 0 bridgehead atoms. The van der Waals surface area contributed by atoms with Crippen molar-refractivity contribution in [2.24, 2.45) is 0 Å². The molecule has 1 atom stereocenters. The standard InChI is InChI=1S/C30H36N8O4.C2H6/c1-20(39)29(40)38-12-9-23(10-13-38)42-26-6-4-21(18-22(26)19-31)24-8-11-32-30(33-24)35-27-7-5-25(28(34-27)41-3)37-16-14-36(2)15-17-37;1-2/h4-8,11,18,20,23,39H,9-10,12-17H2,1-3H3,(H,32,33,34,35);1-2H3. The Bertz CT molecular complexity index is 1440. The smallest absolute Gasteiger partial charge is 0.251 e. The predicted octanol–water partition coefficient (Wildman–Crippen LogP) is 3.69. The number of nitrogens with one attached hydrogen (secondary N) is 1. The molecule has 4 heterocycles. The highest BCUT2D eigenvalue weighted by Gasteiger charge is 2.26. The summed E-state index contributed by atoms with van der Waals surface area (Å²) >= 11 is 0. The van der Waals surface area contributed by atoms with Gasteiger partial charge in [0.2, 0.25) is 11.8 Å². The number of hydrogen-bond donors (Lipinski definition) is 2. The van der Waals surface area contributed by atoms with E-state index in [4.69, 9.17) is 9.47 Å². The largest absolute Gasteiger partial charge is 0.489 e. The van der Waals surface area contributed by atoms with Gasteiger partial charge in [0.1, 0.15) is 35.5 Å². The van der Waals surface area contributed by atoms with Gasteiger partial charge < -0.3 is 34.6 Å². The van der Waals surface area contributed by atoms with E-state index in [1.54, 1.807) is 36.4 Å². The maximum atomic E-state index is 12.0. The van der Waals surface area contributed by atoms with Crippen LogP contribution in [-0.2, 0) is 4.79 Å². The molecule has 2 saturated heterocycles. The highest BCUT2D eigenvalue weighted by Crippen LogP contribution is 2.31. The van der Waals surface area contributed by atoms with Crippen molar-refractivity contribution < 1.29 is 19.4 Å². The highest BCUT2D eigenvalue weighted by atomic mass is 16.5. The zero-order valence-corrected chi connectivity index (χ0v) is 26.2. The van der Waals surface area contributed by atoms with Crippen LogP contribution < -0.4 is 19.7 Å². The van der Waals surface area contributed by atoms with Gasteiger partial charge in [-0.3, -0.25) is 4.79 Å². The van der Waals surface area contributed by atoms with E-state index >= 15 is 0 Å². The van der Waals surface area contributed by atoms with E-state index < -0.39 is 6.10 Å². The van der Waals surface area contributed by atoms with E-state index in [1.165, 1.54) is 6.92 Å². The van der Waals surface area contributed by atoms with Gasteiger partial charge in [0, 0.05) is 63.9 Å². The maximum Gasteiger partial charge on any atom is 0.251 e. The van der Waals surface area contributed by atoms with Crippen molar-refractivity contribution >= 4 is 23.4 Å². The molecule has 12 nitrogen and oxygen atoms in total. The number of piperidine rings is 1. The van der Waals surface area contributed by atoms with E-state index in [-0.39, 0.29) is 12.0 Å². The quantitative estimate of drug-likeness (QED) is 0.390. The number of methoxy groups -OCH3 is 1. The highest BCUT2D eigenvalue weighted by molar-refractivity contribution is 5.80. The number of nitriles is 1. The summed E-state index contributed by atoms with van der Waals surface area (Å²) < 4.78 is 11.7. The number of aliphatic hydroxyl groups is 1. The molecular formula is C32H42N8O4. The summed E-state index contributed by atoms with van der Waals surface area (Å²) in [7, 11) is 3.73. The van der Waals surface area contributed by atoms with Crippen LogP contribution in [0.1, 0.15) is 39.2 Å². The second-order valence-corrected chi connectivity index (χ2v) is 10.5. The van der Waals surface area contributed by atoms with Gasteiger partial charge in [-0.15, -0.1) is 0 Å². The first-order valence-corrected chi connectivity index (χ1v) is 15.1. The summed E-state index contributed by atoms with van der Waals surface area (Å²) in [5, 5.41) is 22.6. The molecule has 5 rings (SSSR count).